The van der Waals surface area contributed by atoms with Gasteiger partial charge in [-0.1, -0.05) is 30.0 Å². The number of thioether (sulfide) groups is 1. The molecule has 0 amide bonds. The van der Waals surface area contributed by atoms with Gasteiger partial charge < -0.3 is 0 Å². The molecule has 25 heavy (non-hydrogen) atoms. The van der Waals surface area contributed by atoms with E-state index in [1.54, 1.807) is 4.68 Å². The molecular weight excluding hydrogens is 342 g/mol. The number of tetrazole rings is 1. The van der Waals surface area contributed by atoms with Crippen LogP contribution in [0.15, 0.2) is 53.7 Å². The Hall–Kier alpha value is -3.07. The van der Waals surface area contributed by atoms with Gasteiger partial charge in [-0.25, -0.2) is 0 Å². The van der Waals surface area contributed by atoms with Gasteiger partial charge in [0.05, 0.1) is 16.4 Å². The van der Waals surface area contributed by atoms with E-state index in [1.807, 2.05) is 31.2 Å². The van der Waals surface area contributed by atoms with E-state index in [1.165, 1.54) is 36.0 Å². The summed E-state index contributed by atoms with van der Waals surface area (Å²) >= 11 is 1.21. The van der Waals surface area contributed by atoms with Crippen LogP contribution < -0.4 is 0 Å². The van der Waals surface area contributed by atoms with E-state index in [-0.39, 0.29) is 17.2 Å². The molecule has 0 bridgehead atoms. The number of benzene rings is 2. The van der Waals surface area contributed by atoms with Gasteiger partial charge in [-0.05, 0) is 41.1 Å². The fourth-order valence-corrected chi connectivity index (χ4v) is 2.98. The first kappa shape index (κ1) is 16.8. The number of nitro groups is 1. The Bertz CT molecular complexity index is 924. The molecule has 3 rings (SSSR count). The van der Waals surface area contributed by atoms with Gasteiger partial charge in [0.25, 0.3) is 5.69 Å². The number of aryl methyl sites for hydroxylation is 1. The third-order valence-electron chi connectivity index (χ3n) is 3.52. The number of non-ortho nitro benzene ring substituents is 1. The molecule has 3 aromatic rings. The molecule has 2 aromatic carbocycles. The average Bonchev–Trinajstić information content (AvgIpc) is 3.08. The molecule has 0 aliphatic heterocycles. The van der Waals surface area contributed by atoms with Crippen LogP contribution in [0.2, 0.25) is 0 Å². The van der Waals surface area contributed by atoms with Crippen molar-refractivity contribution in [2.75, 3.05) is 5.75 Å². The zero-order chi connectivity index (χ0) is 17.8. The zero-order valence-corrected chi connectivity index (χ0v) is 14.0. The van der Waals surface area contributed by atoms with Gasteiger partial charge in [-0.2, -0.15) is 4.68 Å². The van der Waals surface area contributed by atoms with E-state index < -0.39 is 4.92 Å². The lowest BCUT2D eigenvalue weighted by Gasteiger charge is -2.06. The van der Waals surface area contributed by atoms with Crippen molar-refractivity contribution in [2.24, 2.45) is 0 Å². The summed E-state index contributed by atoms with van der Waals surface area (Å²) in [7, 11) is 0. The lowest BCUT2D eigenvalue weighted by atomic mass is 10.1. The van der Waals surface area contributed by atoms with Crippen molar-refractivity contribution in [3.63, 3.8) is 0 Å². The van der Waals surface area contributed by atoms with E-state index in [9.17, 15) is 14.9 Å². The fraction of sp³-hybridized carbons (Fsp3) is 0.125. The second-order valence-corrected chi connectivity index (χ2v) is 6.12. The van der Waals surface area contributed by atoms with E-state index in [2.05, 4.69) is 15.5 Å². The summed E-state index contributed by atoms with van der Waals surface area (Å²) in [5.74, 6) is -0.0245. The van der Waals surface area contributed by atoms with Crippen LogP contribution in [0.1, 0.15) is 15.9 Å². The molecule has 1 heterocycles. The molecule has 9 heteroatoms. The van der Waals surface area contributed by atoms with Gasteiger partial charge in [-0.3, -0.25) is 14.9 Å². The monoisotopic (exact) mass is 355 g/mol. The van der Waals surface area contributed by atoms with Gasteiger partial charge in [0.15, 0.2) is 5.78 Å². The minimum Gasteiger partial charge on any atom is -0.293 e. The lowest BCUT2D eigenvalue weighted by molar-refractivity contribution is -0.384. The molecule has 0 spiro atoms. The molecular formula is C16H13N5O3S. The summed E-state index contributed by atoms with van der Waals surface area (Å²) in [5, 5.41) is 22.8. The first-order valence-corrected chi connectivity index (χ1v) is 8.29. The lowest BCUT2D eigenvalue weighted by Crippen LogP contribution is -2.05. The van der Waals surface area contributed by atoms with Crippen molar-refractivity contribution < 1.29 is 9.72 Å². The molecule has 1 aromatic heterocycles. The van der Waals surface area contributed by atoms with Gasteiger partial charge in [0.2, 0.25) is 5.16 Å². The number of Topliss-reactive ketones (excluding diaryl/α,β-unsaturated/α-hetero) is 1. The first-order valence-electron chi connectivity index (χ1n) is 7.31. The van der Waals surface area contributed by atoms with Gasteiger partial charge >= 0.3 is 0 Å². The van der Waals surface area contributed by atoms with Crippen LogP contribution in [0, 0.1) is 17.0 Å². The second-order valence-electron chi connectivity index (χ2n) is 5.18. The predicted molar refractivity (Wildman–Crippen MR) is 92.0 cm³/mol. The van der Waals surface area contributed by atoms with Crippen LogP contribution in [0.25, 0.3) is 5.69 Å². The summed E-state index contributed by atoms with van der Waals surface area (Å²) in [5.41, 5.74) is 2.22. The molecule has 0 aliphatic carbocycles. The van der Waals surface area contributed by atoms with Crippen molar-refractivity contribution in [1.29, 1.82) is 0 Å². The van der Waals surface area contributed by atoms with Gasteiger partial charge in [0.1, 0.15) is 0 Å². The Morgan fingerprint density at radius 3 is 2.60 bits per heavy atom. The predicted octanol–water partition coefficient (Wildman–Crippen LogP) is 2.85. The van der Waals surface area contributed by atoms with Crippen molar-refractivity contribution in [2.45, 2.75) is 12.1 Å². The van der Waals surface area contributed by atoms with Gasteiger partial charge in [-0.15, -0.1) is 5.10 Å². The highest BCUT2D eigenvalue weighted by atomic mass is 32.2. The van der Waals surface area contributed by atoms with Crippen LogP contribution in [-0.4, -0.2) is 36.7 Å². The number of nitro benzene ring substituents is 1. The van der Waals surface area contributed by atoms with Crippen LogP contribution in [0.5, 0.6) is 0 Å². The highest BCUT2D eigenvalue weighted by Gasteiger charge is 2.14. The SMILES string of the molecule is Cc1ccccc1-n1nnnc1SCC(=O)c1ccc([N+](=O)[O-])cc1. The first-order chi connectivity index (χ1) is 12.1. The van der Waals surface area contributed by atoms with Crippen LogP contribution >= 0.6 is 11.8 Å². The molecule has 0 N–H and O–H groups in total. The Kier molecular flexibility index (Phi) is 4.85. The maximum atomic E-state index is 12.3. The molecule has 8 nitrogen and oxygen atoms in total. The smallest absolute Gasteiger partial charge is 0.269 e. The molecule has 126 valence electrons. The number of nitrogens with zero attached hydrogens (tertiary/aromatic N) is 5. The summed E-state index contributed by atoms with van der Waals surface area (Å²) < 4.78 is 1.59. The number of hydrogen-bond donors (Lipinski definition) is 0. The molecule has 0 saturated heterocycles. The Balaban J connectivity index is 1.72. The van der Waals surface area contributed by atoms with Crippen molar-refractivity contribution in [1.82, 2.24) is 20.2 Å². The molecule has 0 aliphatic rings. The highest BCUT2D eigenvalue weighted by Crippen LogP contribution is 2.22. The third kappa shape index (κ3) is 3.72. The van der Waals surface area contributed by atoms with Gasteiger partial charge in [0, 0.05) is 17.7 Å². The Labute approximate surface area is 147 Å². The van der Waals surface area contributed by atoms with E-state index in [0.717, 1.165) is 11.3 Å². The van der Waals surface area contributed by atoms with Crippen LogP contribution in [0.3, 0.4) is 0 Å². The fourth-order valence-electron chi connectivity index (χ4n) is 2.20. The number of hydrogen-bond acceptors (Lipinski definition) is 7. The molecule has 0 atom stereocenters. The normalized spacial score (nSPS) is 10.6. The van der Waals surface area contributed by atoms with E-state index >= 15 is 0 Å². The molecule has 0 saturated carbocycles. The minimum atomic E-state index is -0.501. The molecule has 0 fully saturated rings. The van der Waals surface area contributed by atoms with Crippen molar-refractivity contribution in [3.8, 4) is 5.69 Å². The minimum absolute atomic E-state index is 0.0484. The van der Waals surface area contributed by atoms with E-state index in [4.69, 9.17) is 0 Å². The topological polar surface area (TPSA) is 104 Å². The standard InChI is InChI=1S/C16H13N5O3S/c1-11-4-2-3-5-14(11)20-16(17-18-19-20)25-10-15(22)12-6-8-13(9-7-12)21(23)24/h2-9H,10H2,1H3. The zero-order valence-electron chi connectivity index (χ0n) is 13.2. The molecule has 0 unspecified atom stereocenters. The Morgan fingerprint density at radius 1 is 1.20 bits per heavy atom. The maximum absolute atomic E-state index is 12.3. The third-order valence-corrected chi connectivity index (χ3v) is 4.44. The number of para-hydroxylation sites is 1. The largest absolute Gasteiger partial charge is 0.293 e. The average molecular weight is 355 g/mol. The number of ketones is 1. The number of carbonyl (C=O) groups excluding carboxylic acids is 1. The van der Waals surface area contributed by atoms with Crippen LogP contribution in [-0.2, 0) is 0 Å². The van der Waals surface area contributed by atoms with E-state index in [0.29, 0.717) is 10.7 Å². The number of rotatable bonds is 6. The number of aromatic nitrogens is 4. The summed E-state index contributed by atoms with van der Waals surface area (Å²) in [6, 6.07) is 13.2. The van der Waals surface area contributed by atoms with Crippen molar-refractivity contribution >= 4 is 23.2 Å². The number of carbonyl (C=O) groups is 1. The summed E-state index contributed by atoms with van der Waals surface area (Å²) in [4.78, 5) is 22.4. The molecule has 0 radical (unpaired) electrons. The highest BCUT2D eigenvalue weighted by molar-refractivity contribution is 7.99. The van der Waals surface area contributed by atoms with Crippen molar-refractivity contribution in [3.05, 3.63) is 69.8 Å². The second kappa shape index (κ2) is 7.22. The summed E-state index contributed by atoms with van der Waals surface area (Å²) in [6.45, 7) is 1.95. The quantitative estimate of drug-likeness (QED) is 0.290. The Morgan fingerprint density at radius 2 is 1.92 bits per heavy atom. The summed E-state index contributed by atoms with van der Waals surface area (Å²) in [6.07, 6.45) is 0. The maximum Gasteiger partial charge on any atom is 0.269 e. The van der Waals surface area contributed by atoms with Crippen LogP contribution in [0.4, 0.5) is 5.69 Å².